The fourth-order valence-electron chi connectivity index (χ4n) is 3.55. The van der Waals surface area contributed by atoms with Gasteiger partial charge in [0.05, 0.1) is 23.4 Å². The van der Waals surface area contributed by atoms with E-state index in [4.69, 9.17) is 4.74 Å². The Balaban J connectivity index is 1.80. The second-order valence-electron chi connectivity index (χ2n) is 6.66. The molecule has 0 unspecified atom stereocenters. The molecule has 0 spiro atoms. The minimum Gasteiger partial charge on any atom is -0.462 e. The van der Waals surface area contributed by atoms with E-state index in [1.54, 1.807) is 6.92 Å². The second kappa shape index (κ2) is 7.50. The Kier molecular flexibility index (Phi) is 4.88. The Morgan fingerprint density at radius 2 is 1.97 bits per heavy atom. The average Bonchev–Trinajstić information content (AvgIpc) is 2.95. The van der Waals surface area contributed by atoms with Crippen LogP contribution in [0.4, 0.5) is 8.78 Å². The number of nitrogens with one attached hydrogen (secondary N) is 1. The number of aromatic nitrogens is 1. The number of hydrogen-bond donors (Lipinski definition) is 1. The van der Waals surface area contributed by atoms with Crippen LogP contribution in [0, 0.1) is 11.6 Å². The van der Waals surface area contributed by atoms with Crippen LogP contribution in [0.2, 0.25) is 0 Å². The number of ether oxygens (including phenoxy) is 1. The van der Waals surface area contributed by atoms with E-state index in [1.807, 2.05) is 24.3 Å². The first-order chi connectivity index (χ1) is 14.0. The standard InChI is InChI=1S/C22H18F2N2O3/c1-2-29-22(28)17-12-26(21(27)16-8-7-13(23)11-18(16)24)10-9-15-14-5-3-4-6-19(14)25-20(15)17/h3-8,11-12,25H,2,9-10H2,1H3. The number of carbonyl (C=O) groups excluding carboxylic acids is 2. The van der Waals surface area contributed by atoms with Gasteiger partial charge < -0.3 is 14.6 Å². The van der Waals surface area contributed by atoms with Gasteiger partial charge in [0.2, 0.25) is 0 Å². The molecule has 1 aliphatic heterocycles. The Bertz CT molecular complexity index is 1150. The summed E-state index contributed by atoms with van der Waals surface area (Å²) in [5.41, 5.74) is 2.26. The lowest BCUT2D eigenvalue weighted by atomic mass is 10.0. The number of esters is 1. The van der Waals surface area contributed by atoms with Gasteiger partial charge in [0.25, 0.3) is 5.91 Å². The lowest BCUT2D eigenvalue weighted by Gasteiger charge is -2.18. The maximum absolute atomic E-state index is 14.1. The molecule has 0 aliphatic carbocycles. The number of benzene rings is 2. The SMILES string of the molecule is CCOC(=O)C1=CN(C(=O)c2ccc(F)cc2F)CCc2c1[nH]c1ccccc21. The van der Waals surface area contributed by atoms with Crippen molar-refractivity contribution in [1.82, 2.24) is 9.88 Å². The molecule has 1 N–H and O–H groups in total. The van der Waals surface area contributed by atoms with Gasteiger partial charge in [0.15, 0.2) is 0 Å². The fraction of sp³-hybridized carbons (Fsp3) is 0.182. The number of fused-ring (bicyclic) bond motifs is 3. The Labute approximate surface area is 165 Å². The zero-order valence-electron chi connectivity index (χ0n) is 15.7. The van der Waals surface area contributed by atoms with E-state index in [9.17, 15) is 18.4 Å². The molecule has 0 saturated heterocycles. The van der Waals surface area contributed by atoms with Crippen molar-refractivity contribution in [2.45, 2.75) is 13.3 Å². The van der Waals surface area contributed by atoms with Gasteiger partial charge in [0, 0.05) is 29.7 Å². The number of H-pyrrole nitrogens is 1. The molecule has 2 heterocycles. The van der Waals surface area contributed by atoms with Crippen molar-refractivity contribution in [1.29, 1.82) is 0 Å². The molecule has 0 bridgehead atoms. The highest BCUT2D eigenvalue weighted by Crippen LogP contribution is 2.31. The summed E-state index contributed by atoms with van der Waals surface area (Å²) >= 11 is 0. The van der Waals surface area contributed by atoms with E-state index in [0.29, 0.717) is 18.2 Å². The number of rotatable bonds is 3. The van der Waals surface area contributed by atoms with Gasteiger partial charge in [-0.05, 0) is 37.1 Å². The molecule has 3 aromatic rings. The highest BCUT2D eigenvalue weighted by Gasteiger charge is 2.28. The van der Waals surface area contributed by atoms with Crippen LogP contribution in [-0.4, -0.2) is 34.9 Å². The molecule has 29 heavy (non-hydrogen) atoms. The Hall–Kier alpha value is -3.48. The molecule has 1 amide bonds. The zero-order valence-corrected chi connectivity index (χ0v) is 15.7. The van der Waals surface area contributed by atoms with Crippen molar-refractivity contribution >= 4 is 28.4 Å². The molecule has 1 aromatic heterocycles. The van der Waals surface area contributed by atoms with E-state index >= 15 is 0 Å². The predicted octanol–water partition coefficient (Wildman–Crippen LogP) is 4.05. The summed E-state index contributed by atoms with van der Waals surface area (Å²) in [6.45, 7) is 2.10. The Morgan fingerprint density at radius 3 is 2.72 bits per heavy atom. The second-order valence-corrected chi connectivity index (χ2v) is 6.66. The van der Waals surface area contributed by atoms with Crippen LogP contribution in [-0.2, 0) is 16.0 Å². The molecule has 0 atom stereocenters. The normalized spacial score (nSPS) is 13.6. The number of aromatic amines is 1. The molecule has 1 aliphatic rings. The summed E-state index contributed by atoms with van der Waals surface area (Å²) in [6.07, 6.45) is 1.83. The zero-order chi connectivity index (χ0) is 20.5. The van der Waals surface area contributed by atoms with Gasteiger partial charge in [-0.3, -0.25) is 4.79 Å². The number of hydrogen-bond acceptors (Lipinski definition) is 3. The van der Waals surface area contributed by atoms with Crippen LogP contribution < -0.4 is 0 Å². The van der Waals surface area contributed by atoms with E-state index < -0.39 is 23.5 Å². The molecule has 2 aromatic carbocycles. The first-order valence-corrected chi connectivity index (χ1v) is 9.24. The largest absolute Gasteiger partial charge is 0.462 e. The van der Waals surface area contributed by atoms with Crippen molar-refractivity contribution in [3.63, 3.8) is 0 Å². The topological polar surface area (TPSA) is 62.4 Å². The summed E-state index contributed by atoms with van der Waals surface area (Å²) < 4.78 is 32.5. The summed E-state index contributed by atoms with van der Waals surface area (Å²) in [7, 11) is 0. The third-order valence-electron chi connectivity index (χ3n) is 4.89. The minimum atomic E-state index is -0.950. The predicted molar refractivity (Wildman–Crippen MR) is 104 cm³/mol. The molecule has 4 rings (SSSR count). The van der Waals surface area contributed by atoms with Crippen LogP contribution in [0.5, 0.6) is 0 Å². The number of para-hydroxylation sites is 1. The van der Waals surface area contributed by atoms with Crippen LogP contribution >= 0.6 is 0 Å². The van der Waals surface area contributed by atoms with Crippen molar-refractivity contribution < 1.29 is 23.1 Å². The van der Waals surface area contributed by atoms with Gasteiger partial charge >= 0.3 is 5.97 Å². The van der Waals surface area contributed by atoms with Crippen molar-refractivity contribution in [2.24, 2.45) is 0 Å². The summed E-state index contributed by atoms with van der Waals surface area (Å²) in [4.78, 5) is 30.0. The minimum absolute atomic E-state index is 0.173. The van der Waals surface area contributed by atoms with Crippen molar-refractivity contribution in [3.05, 3.63) is 77.1 Å². The van der Waals surface area contributed by atoms with E-state index in [2.05, 4.69) is 4.98 Å². The molecule has 0 saturated carbocycles. The third kappa shape index (κ3) is 3.40. The molecular weight excluding hydrogens is 378 g/mol. The van der Waals surface area contributed by atoms with Gasteiger partial charge in [-0.15, -0.1) is 0 Å². The molecule has 5 nitrogen and oxygen atoms in total. The first-order valence-electron chi connectivity index (χ1n) is 9.24. The number of nitrogens with zero attached hydrogens (tertiary/aromatic N) is 1. The van der Waals surface area contributed by atoms with Crippen LogP contribution in [0.15, 0.2) is 48.7 Å². The molecular formula is C22H18F2N2O3. The monoisotopic (exact) mass is 396 g/mol. The quantitative estimate of drug-likeness (QED) is 0.680. The van der Waals surface area contributed by atoms with Crippen LogP contribution in [0.3, 0.4) is 0 Å². The maximum Gasteiger partial charge on any atom is 0.341 e. The highest BCUT2D eigenvalue weighted by molar-refractivity contribution is 6.18. The lowest BCUT2D eigenvalue weighted by Crippen LogP contribution is -2.28. The molecule has 148 valence electrons. The summed E-state index contributed by atoms with van der Waals surface area (Å²) in [5.74, 6) is -2.95. The van der Waals surface area contributed by atoms with Crippen LogP contribution in [0.25, 0.3) is 16.5 Å². The average molecular weight is 396 g/mol. The summed E-state index contributed by atoms with van der Waals surface area (Å²) in [6, 6.07) is 10.4. The van der Waals surface area contributed by atoms with Gasteiger partial charge in [0.1, 0.15) is 11.6 Å². The molecule has 0 radical (unpaired) electrons. The number of amides is 1. The van der Waals surface area contributed by atoms with Gasteiger partial charge in [-0.2, -0.15) is 0 Å². The van der Waals surface area contributed by atoms with E-state index in [-0.39, 0.29) is 24.3 Å². The Morgan fingerprint density at radius 1 is 1.17 bits per heavy atom. The highest BCUT2D eigenvalue weighted by atomic mass is 19.1. The summed E-state index contributed by atoms with van der Waals surface area (Å²) in [5, 5.41) is 0.944. The third-order valence-corrected chi connectivity index (χ3v) is 4.89. The van der Waals surface area contributed by atoms with E-state index in [1.165, 1.54) is 11.1 Å². The van der Waals surface area contributed by atoms with E-state index in [0.717, 1.165) is 28.6 Å². The maximum atomic E-state index is 14.1. The fourth-order valence-corrected chi connectivity index (χ4v) is 3.55. The van der Waals surface area contributed by atoms with Crippen molar-refractivity contribution in [3.8, 4) is 0 Å². The lowest BCUT2D eigenvalue weighted by molar-refractivity contribution is -0.136. The van der Waals surface area contributed by atoms with Gasteiger partial charge in [-0.25, -0.2) is 13.6 Å². The number of halogens is 2. The first kappa shape index (κ1) is 18.9. The molecule has 7 heteroatoms. The van der Waals surface area contributed by atoms with Crippen molar-refractivity contribution in [2.75, 3.05) is 13.2 Å². The number of carbonyl (C=O) groups is 2. The smallest absolute Gasteiger partial charge is 0.341 e. The van der Waals surface area contributed by atoms with Gasteiger partial charge in [-0.1, -0.05) is 18.2 Å². The molecule has 0 fully saturated rings. The van der Waals surface area contributed by atoms with Crippen LogP contribution in [0.1, 0.15) is 28.5 Å².